The first kappa shape index (κ1) is 17.2. The first-order chi connectivity index (χ1) is 12.5. The van der Waals surface area contributed by atoms with Crippen LogP contribution < -0.4 is 10.6 Å². The molecule has 0 radical (unpaired) electrons. The van der Waals surface area contributed by atoms with Crippen molar-refractivity contribution in [3.8, 4) is 18.4 Å². The van der Waals surface area contributed by atoms with E-state index in [2.05, 4.69) is 37.6 Å². The van der Waals surface area contributed by atoms with Crippen LogP contribution in [0.25, 0.3) is 10.9 Å². The van der Waals surface area contributed by atoms with Crippen LogP contribution >= 0.6 is 0 Å². The lowest BCUT2D eigenvalue weighted by Crippen LogP contribution is -2.29. The maximum atomic E-state index is 9.45. The van der Waals surface area contributed by atoms with Crippen LogP contribution in [0.5, 0.6) is 0 Å². The molecule has 0 bridgehead atoms. The summed E-state index contributed by atoms with van der Waals surface area (Å²) in [6.07, 6.45) is 12.3. The van der Waals surface area contributed by atoms with Gasteiger partial charge >= 0.3 is 0 Å². The van der Waals surface area contributed by atoms with E-state index in [1.165, 1.54) is 6.20 Å². The van der Waals surface area contributed by atoms with Crippen LogP contribution in [-0.4, -0.2) is 20.5 Å². The summed E-state index contributed by atoms with van der Waals surface area (Å²) in [5, 5.41) is 16.8. The van der Waals surface area contributed by atoms with E-state index in [4.69, 9.17) is 6.42 Å². The summed E-state index contributed by atoms with van der Waals surface area (Å²) in [5.74, 6) is 3.37. The summed E-state index contributed by atoms with van der Waals surface area (Å²) in [7, 11) is 0. The van der Waals surface area contributed by atoms with E-state index >= 15 is 0 Å². The van der Waals surface area contributed by atoms with Gasteiger partial charge in [-0.1, -0.05) is 12.0 Å². The van der Waals surface area contributed by atoms with Gasteiger partial charge in [-0.15, -0.1) is 6.42 Å². The molecule has 0 fully saturated rings. The van der Waals surface area contributed by atoms with Crippen molar-refractivity contribution >= 4 is 22.4 Å². The van der Waals surface area contributed by atoms with Crippen molar-refractivity contribution in [1.82, 2.24) is 15.0 Å². The summed E-state index contributed by atoms with van der Waals surface area (Å²) in [6.45, 7) is 4.35. The average Bonchev–Trinajstić information content (AvgIpc) is 2.67. The maximum Gasteiger partial charge on any atom is 0.126 e. The molecule has 0 aromatic carbocycles. The fraction of sp³-hybridized carbons (Fsp3) is 0.200. The Balaban J connectivity index is 1.99. The van der Waals surface area contributed by atoms with Gasteiger partial charge in [0.25, 0.3) is 0 Å². The van der Waals surface area contributed by atoms with Crippen molar-refractivity contribution in [2.45, 2.75) is 25.9 Å². The molecule has 0 atom stereocenters. The van der Waals surface area contributed by atoms with E-state index in [1.807, 2.05) is 32.0 Å². The molecule has 3 aromatic heterocycles. The summed E-state index contributed by atoms with van der Waals surface area (Å²) in [6, 6.07) is 7.91. The van der Waals surface area contributed by atoms with Gasteiger partial charge in [0.1, 0.15) is 11.9 Å². The number of rotatable bonds is 5. The Morgan fingerprint density at radius 1 is 1.23 bits per heavy atom. The highest BCUT2D eigenvalue weighted by molar-refractivity contribution is 5.95. The number of nitriles is 1. The lowest BCUT2D eigenvalue weighted by Gasteiger charge is -2.23. The molecule has 2 N–H and O–H groups in total. The van der Waals surface area contributed by atoms with Crippen LogP contribution in [0.3, 0.4) is 0 Å². The van der Waals surface area contributed by atoms with Gasteiger partial charge in [0.2, 0.25) is 0 Å². The normalized spacial score (nSPS) is 10.8. The highest BCUT2D eigenvalue weighted by atomic mass is 15.0. The van der Waals surface area contributed by atoms with E-state index in [1.54, 1.807) is 18.6 Å². The molecule has 3 rings (SSSR count). The van der Waals surface area contributed by atoms with Gasteiger partial charge in [0.05, 0.1) is 28.5 Å². The molecule has 0 aliphatic carbocycles. The zero-order chi connectivity index (χ0) is 18.6. The highest BCUT2D eigenvalue weighted by Gasteiger charge is 2.18. The fourth-order valence-electron chi connectivity index (χ4n) is 2.46. The Labute approximate surface area is 152 Å². The SMILES string of the molecule is C#CC(C)(C)Nc1c(C#N)cnc2cnc(NCc3cccnc3)cc12. The maximum absolute atomic E-state index is 9.45. The van der Waals surface area contributed by atoms with E-state index in [0.717, 1.165) is 10.9 Å². The molecule has 0 saturated heterocycles. The Hall–Kier alpha value is -3.64. The number of nitrogens with one attached hydrogen (secondary N) is 2. The Kier molecular flexibility index (Phi) is 4.68. The molecular weight excluding hydrogens is 324 g/mol. The van der Waals surface area contributed by atoms with Crippen LogP contribution in [-0.2, 0) is 6.54 Å². The molecule has 6 nitrogen and oxygen atoms in total. The fourth-order valence-corrected chi connectivity index (χ4v) is 2.46. The van der Waals surface area contributed by atoms with Gasteiger partial charge in [-0.25, -0.2) is 4.98 Å². The van der Waals surface area contributed by atoms with Gasteiger partial charge in [-0.2, -0.15) is 5.26 Å². The summed E-state index contributed by atoms with van der Waals surface area (Å²) < 4.78 is 0. The summed E-state index contributed by atoms with van der Waals surface area (Å²) in [5.41, 5.74) is 2.22. The van der Waals surface area contributed by atoms with Gasteiger partial charge < -0.3 is 10.6 Å². The van der Waals surface area contributed by atoms with Gasteiger partial charge in [0, 0.05) is 30.5 Å². The van der Waals surface area contributed by atoms with E-state index in [9.17, 15) is 5.26 Å². The second kappa shape index (κ2) is 7.08. The molecular formula is C20H18N6. The van der Waals surface area contributed by atoms with Crippen LogP contribution in [0.1, 0.15) is 25.0 Å². The van der Waals surface area contributed by atoms with Crippen molar-refractivity contribution < 1.29 is 0 Å². The van der Waals surface area contributed by atoms with Crippen molar-refractivity contribution in [2.75, 3.05) is 10.6 Å². The van der Waals surface area contributed by atoms with Crippen LogP contribution in [0.2, 0.25) is 0 Å². The third kappa shape index (κ3) is 3.71. The molecule has 0 aliphatic heterocycles. The topological polar surface area (TPSA) is 86.5 Å². The average molecular weight is 342 g/mol. The number of aromatic nitrogens is 3. The molecule has 3 heterocycles. The molecule has 0 amide bonds. The summed E-state index contributed by atoms with van der Waals surface area (Å²) in [4.78, 5) is 12.8. The van der Waals surface area contributed by atoms with E-state index < -0.39 is 5.54 Å². The summed E-state index contributed by atoms with van der Waals surface area (Å²) >= 11 is 0. The van der Waals surface area contributed by atoms with Crippen molar-refractivity contribution in [3.63, 3.8) is 0 Å². The van der Waals surface area contributed by atoms with E-state index in [0.29, 0.717) is 29.1 Å². The van der Waals surface area contributed by atoms with Crippen molar-refractivity contribution in [1.29, 1.82) is 5.26 Å². The first-order valence-corrected chi connectivity index (χ1v) is 8.10. The van der Waals surface area contributed by atoms with Crippen LogP contribution in [0.15, 0.2) is 43.0 Å². The number of hydrogen-bond donors (Lipinski definition) is 2. The molecule has 3 aromatic rings. The number of terminal acetylenes is 1. The lowest BCUT2D eigenvalue weighted by molar-refractivity contribution is 0.742. The molecule has 0 spiro atoms. The van der Waals surface area contributed by atoms with E-state index in [-0.39, 0.29) is 0 Å². The largest absolute Gasteiger partial charge is 0.368 e. The van der Waals surface area contributed by atoms with Crippen molar-refractivity contribution in [3.05, 3.63) is 54.1 Å². The predicted octanol–water partition coefficient (Wildman–Crippen LogP) is 3.33. The quantitative estimate of drug-likeness (QED) is 0.692. The van der Waals surface area contributed by atoms with Crippen LogP contribution in [0.4, 0.5) is 11.5 Å². The third-order valence-corrected chi connectivity index (χ3v) is 3.87. The minimum atomic E-state index is -0.605. The second-order valence-electron chi connectivity index (χ2n) is 6.35. The Bertz CT molecular complexity index is 1010. The Morgan fingerprint density at radius 3 is 2.77 bits per heavy atom. The number of anilines is 2. The number of fused-ring (bicyclic) bond motifs is 1. The minimum Gasteiger partial charge on any atom is -0.368 e. The molecule has 128 valence electrons. The first-order valence-electron chi connectivity index (χ1n) is 8.10. The highest BCUT2D eigenvalue weighted by Crippen LogP contribution is 2.29. The molecule has 26 heavy (non-hydrogen) atoms. The predicted molar refractivity (Wildman–Crippen MR) is 102 cm³/mol. The number of pyridine rings is 3. The van der Waals surface area contributed by atoms with Gasteiger partial charge in [-0.05, 0) is 31.5 Å². The van der Waals surface area contributed by atoms with Crippen molar-refractivity contribution in [2.24, 2.45) is 0 Å². The van der Waals surface area contributed by atoms with Crippen LogP contribution in [0, 0.1) is 23.7 Å². The standard InChI is InChI=1S/C20H18N6/c1-4-20(2,3)26-19-15(9-21)12-23-17-13-25-18(8-16(17)19)24-11-14-6-5-7-22-10-14/h1,5-8,10,12-13H,11H2,2-3H3,(H,23,26)(H,24,25). The molecule has 6 heteroatoms. The molecule has 0 unspecified atom stereocenters. The third-order valence-electron chi connectivity index (χ3n) is 3.87. The van der Waals surface area contributed by atoms with Gasteiger partial charge in [-0.3, -0.25) is 9.97 Å². The Morgan fingerprint density at radius 2 is 2.08 bits per heavy atom. The zero-order valence-corrected chi connectivity index (χ0v) is 14.6. The smallest absolute Gasteiger partial charge is 0.126 e. The number of nitrogens with zero attached hydrogens (tertiary/aromatic N) is 4. The molecule has 0 aliphatic rings. The number of hydrogen-bond acceptors (Lipinski definition) is 6. The second-order valence-corrected chi connectivity index (χ2v) is 6.35. The zero-order valence-electron chi connectivity index (χ0n) is 14.6. The monoisotopic (exact) mass is 342 g/mol. The molecule has 0 saturated carbocycles. The lowest BCUT2D eigenvalue weighted by atomic mass is 10.0. The minimum absolute atomic E-state index is 0.435. The van der Waals surface area contributed by atoms with Gasteiger partial charge in [0.15, 0.2) is 0 Å².